The van der Waals surface area contributed by atoms with Gasteiger partial charge in [-0.1, -0.05) is 36.7 Å². The summed E-state index contributed by atoms with van der Waals surface area (Å²) in [6, 6.07) is 3.98. The Balaban J connectivity index is 1.77. The fraction of sp³-hybridized carbons (Fsp3) is 0.667. The molecule has 0 radical (unpaired) electrons. The summed E-state index contributed by atoms with van der Waals surface area (Å²) in [6.07, 6.45) is 4.31. The molecular weight excluding hydrogens is 510 g/mol. The average Bonchev–Trinajstić information content (AvgIpc) is 3.05. The Morgan fingerprint density at radius 2 is 1.85 bits per heavy atom. The molecule has 1 aliphatic rings. The second-order valence-electron chi connectivity index (χ2n) is 11.9. The Kier molecular flexibility index (Phi) is 9.07. The number of phenols is 1. The van der Waals surface area contributed by atoms with Gasteiger partial charge in [0.25, 0.3) is 0 Å². The van der Waals surface area contributed by atoms with Gasteiger partial charge in [0.1, 0.15) is 10.5 Å². The van der Waals surface area contributed by atoms with Crippen LogP contribution in [0.4, 0.5) is 0 Å². The number of piperidine rings is 1. The number of nitrogens with one attached hydrogen (secondary N) is 2. The second kappa shape index (κ2) is 11.3. The molecular formula is C27H43BrN3O2S+. The van der Waals surface area contributed by atoms with Gasteiger partial charge in [-0.3, -0.25) is 9.69 Å². The van der Waals surface area contributed by atoms with Gasteiger partial charge in [-0.05, 0) is 83.0 Å². The monoisotopic (exact) mass is 552 g/mol. The summed E-state index contributed by atoms with van der Waals surface area (Å²) in [5, 5.41) is 16.7. The number of hydrogen-bond donors (Lipinski definition) is 3. The predicted molar refractivity (Wildman–Crippen MR) is 149 cm³/mol. The summed E-state index contributed by atoms with van der Waals surface area (Å²) in [5.74, 6) is 1.09. The topological polar surface area (TPSA) is 68.4 Å². The molecule has 34 heavy (non-hydrogen) atoms. The Labute approximate surface area is 218 Å². The molecule has 1 amide bonds. The lowest BCUT2D eigenvalue weighted by atomic mass is 9.88. The second-order valence-corrected chi connectivity index (χ2v) is 14.5. The smallest absolute Gasteiger partial charge is 0.230 e. The van der Waals surface area contributed by atoms with Crippen molar-refractivity contribution in [3.63, 3.8) is 0 Å². The number of H-pyrrole nitrogens is 1. The first-order valence-corrected chi connectivity index (χ1v) is 14.5. The Hall–Kier alpha value is -1.18. The minimum atomic E-state index is 0.0583. The number of carbonyl (C=O) groups excluding carboxylic acids is 1. The molecule has 0 unspecified atom stereocenters. The fourth-order valence-electron chi connectivity index (χ4n) is 4.77. The van der Waals surface area contributed by atoms with Crippen molar-refractivity contribution in [2.24, 2.45) is 11.3 Å². The third kappa shape index (κ3) is 7.66. The van der Waals surface area contributed by atoms with Crippen LogP contribution in [0.5, 0.6) is 5.75 Å². The number of aromatic nitrogens is 1. The number of likely N-dealkylation sites (tertiary alicyclic amines) is 1. The van der Waals surface area contributed by atoms with Crippen molar-refractivity contribution < 1.29 is 9.90 Å². The van der Waals surface area contributed by atoms with Crippen LogP contribution in [-0.4, -0.2) is 50.6 Å². The lowest BCUT2D eigenvalue weighted by Crippen LogP contribution is -2.35. The van der Waals surface area contributed by atoms with E-state index < -0.39 is 0 Å². The van der Waals surface area contributed by atoms with E-state index in [-0.39, 0.29) is 16.1 Å². The third-order valence-corrected chi connectivity index (χ3v) is 8.17. The molecule has 1 aromatic carbocycles. The SMILES string of the molecule is CC(C)(C)Cc1c([SH+]C(C)(C)C)[nH]c2c(CN3CCC(CCNC(=O)CBr)CC3)c(O)ccc12. The van der Waals surface area contributed by atoms with Gasteiger partial charge < -0.3 is 15.4 Å². The highest BCUT2D eigenvalue weighted by atomic mass is 79.9. The molecule has 0 aliphatic carbocycles. The molecule has 0 bridgehead atoms. The van der Waals surface area contributed by atoms with Crippen molar-refractivity contribution >= 4 is 44.5 Å². The summed E-state index contributed by atoms with van der Waals surface area (Å²) in [6.45, 7) is 17.3. The van der Waals surface area contributed by atoms with E-state index in [4.69, 9.17) is 0 Å². The lowest BCUT2D eigenvalue weighted by molar-refractivity contribution is -0.118. The molecule has 3 N–H and O–H groups in total. The summed E-state index contributed by atoms with van der Waals surface area (Å²) in [7, 11) is 0. The van der Waals surface area contributed by atoms with Crippen LogP contribution in [0.1, 0.15) is 71.9 Å². The van der Waals surface area contributed by atoms with Crippen molar-refractivity contribution in [1.82, 2.24) is 15.2 Å². The van der Waals surface area contributed by atoms with Crippen LogP contribution < -0.4 is 5.32 Å². The van der Waals surface area contributed by atoms with Crippen molar-refractivity contribution in [3.05, 3.63) is 23.3 Å². The number of carbonyl (C=O) groups is 1. The fourth-order valence-corrected chi connectivity index (χ4v) is 6.14. The van der Waals surface area contributed by atoms with E-state index in [1.54, 1.807) is 0 Å². The van der Waals surface area contributed by atoms with Crippen molar-refractivity contribution in [2.75, 3.05) is 25.0 Å². The van der Waals surface area contributed by atoms with Crippen LogP contribution in [0, 0.1) is 11.3 Å². The van der Waals surface area contributed by atoms with Gasteiger partial charge in [0, 0.05) is 41.4 Å². The zero-order valence-electron chi connectivity index (χ0n) is 21.7. The minimum Gasteiger partial charge on any atom is -0.508 e. The first-order valence-electron chi connectivity index (χ1n) is 12.5. The lowest BCUT2D eigenvalue weighted by Gasteiger charge is -2.32. The highest BCUT2D eigenvalue weighted by molar-refractivity contribution is 9.09. The van der Waals surface area contributed by atoms with E-state index in [2.05, 4.69) is 78.7 Å². The van der Waals surface area contributed by atoms with Gasteiger partial charge in [-0.15, -0.1) is 0 Å². The zero-order valence-corrected chi connectivity index (χ0v) is 24.2. The molecule has 2 aromatic rings. The molecule has 0 atom stereocenters. The Morgan fingerprint density at radius 3 is 2.44 bits per heavy atom. The molecule has 190 valence electrons. The molecule has 1 fully saturated rings. The standard InChI is InChI=1S/C27H42BrN3O2S/c1-26(2,3)15-20-19-7-8-22(32)21(24(19)30-25(20)34-27(4,5)6)17-31-13-10-18(11-14-31)9-12-29-23(33)16-28/h7-8,18,30,32H,9-17H2,1-6H3,(H,29,33)/p+1. The summed E-state index contributed by atoms with van der Waals surface area (Å²) in [4.78, 5) is 17.7. The number of halogens is 1. The van der Waals surface area contributed by atoms with Crippen molar-refractivity contribution in [2.45, 2.75) is 83.5 Å². The van der Waals surface area contributed by atoms with Gasteiger partial charge in [-0.2, -0.15) is 0 Å². The summed E-state index contributed by atoms with van der Waals surface area (Å²) >= 11 is 4.48. The van der Waals surface area contributed by atoms with Gasteiger partial charge >= 0.3 is 0 Å². The number of hydrogen-bond acceptors (Lipinski definition) is 3. The third-order valence-electron chi connectivity index (χ3n) is 6.38. The van der Waals surface area contributed by atoms with E-state index in [1.165, 1.54) is 27.7 Å². The Morgan fingerprint density at radius 1 is 1.18 bits per heavy atom. The molecule has 5 nitrogen and oxygen atoms in total. The van der Waals surface area contributed by atoms with E-state index in [0.29, 0.717) is 17.0 Å². The highest BCUT2D eigenvalue weighted by Gasteiger charge is 2.30. The largest absolute Gasteiger partial charge is 0.508 e. The predicted octanol–water partition coefficient (Wildman–Crippen LogP) is 5.55. The minimum absolute atomic E-state index is 0.0583. The van der Waals surface area contributed by atoms with Crippen LogP contribution >= 0.6 is 15.9 Å². The molecule has 0 saturated carbocycles. The zero-order chi connectivity index (χ0) is 25.1. The summed E-state index contributed by atoms with van der Waals surface area (Å²) < 4.78 is 0.158. The van der Waals surface area contributed by atoms with Crippen LogP contribution in [0.2, 0.25) is 0 Å². The molecule has 0 spiro atoms. The van der Waals surface area contributed by atoms with Gasteiger partial charge in [0.15, 0.2) is 0 Å². The quantitative estimate of drug-likeness (QED) is 0.228. The maximum absolute atomic E-state index is 11.4. The first kappa shape index (κ1) is 27.4. The van der Waals surface area contributed by atoms with Crippen LogP contribution in [0.3, 0.4) is 0 Å². The van der Waals surface area contributed by atoms with Crippen LogP contribution in [0.25, 0.3) is 10.9 Å². The number of nitrogens with zero attached hydrogens (tertiary/aromatic N) is 1. The molecule has 2 heterocycles. The maximum atomic E-state index is 11.4. The first-order chi connectivity index (χ1) is 15.9. The summed E-state index contributed by atoms with van der Waals surface area (Å²) in [5.41, 5.74) is 3.70. The molecule has 3 rings (SSSR count). The number of benzene rings is 1. The number of rotatable bonds is 8. The number of fused-ring (bicyclic) bond motifs is 1. The molecule has 1 saturated heterocycles. The highest BCUT2D eigenvalue weighted by Crippen LogP contribution is 2.37. The van der Waals surface area contributed by atoms with Crippen molar-refractivity contribution in [3.8, 4) is 5.75 Å². The molecule has 1 aromatic heterocycles. The van der Waals surface area contributed by atoms with E-state index >= 15 is 0 Å². The average molecular weight is 554 g/mol. The number of thiol groups is 1. The van der Waals surface area contributed by atoms with E-state index in [0.717, 1.165) is 62.9 Å². The van der Waals surface area contributed by atoms with Gasteiger partial charge in [0.05, 0.1) is 10.8 Å². The van der Waals surface area contributed by atoms with Crippen molar-refractivity contribution in [1.29, 1.82) is 0 Å². The van der Waals surface area contributed by atoms with E-state index in [1.807, 2.05) is 6.07 Å². The maximum Gasteiger partial charge on any atom is 0.230 e. The normalized spacial score (nSPS) is 16.3. The number of aromatic hydroxyl groups is 1. The molecule has 1 aliphatic heterocycles. The van der Waals surface area contributed by atoms with Gasteiger partial charge in [-0.25, -0.2) is 0 Å². The number of phenolic OH excluding ortho intramolecular Hbond substituents is 1. The number of aromatic amines is 1. The van der Waals surface area contributed by atoms with Crippen LogP contribution in [0.15, 0.2) is 17.2 Å². The van der Waals surface area contributed by atoms with Crippen LogP contribution in [-0.2, 0) is 29.5 Å². The number of amides is 1. The van der Waals surface area contributed by atoms with Gasteiger partial charge in [0.2, 0.25) is 10.9 Å². The van der Waals surface area contributed by atoms with E-state index in [9.17, 15) is 9.90 Å². The Bertz CT molecular complexity index is 982. The number of alkyl halides is 1. The molecule has 7 heteroatoms.